The number of aromatic nitrogens is 1. The molecule has 4 heteroatoms. The first-order valence-electron chi connectivity index (χ1n) is 7.85. The Labute approximate surface area is 140 Å². The van der Waals surface area contributed by atoms with Crippen molar-refractivity contribution in [2.24, 2.45) is 0 Å². The number of nitrogens with one attached hydrogen (secondary N) is 1. The average Bonchev–Trinajstić information content (AvgIpc) is 2.95. The number of benzene rings is 2. The van der Waals surface area contributed by atoms with Crippen LogP contribution in [-0.4, -0.2) is 10.9 Å². The van der Waals surface area contributed by atoms with Gasteiger partial charge in [-0.05, 0) is 49.1 Å². The van der Waals surface area contributed by atoms with Crippen molar-refractivity contribution in [1.82, 2.24) is 4.98 Å². The zero-order valence-corrected chi connectivity index (χ0v) is 14.4. The van der Waals surface area contributed by atoms with E-state index < -0.39 is 0 Å². The van der Waals surface area contributed by atoms with Gasteiger partial charge in [-0.3, -0.25) is 10.1 Å². The normalized spacial score (nSPS) is 12.3. The monoisotopic (exact) mass is 324 g/mol. The fraction of sp³-hybridized carbons (Fsp3) is 0.263. The van der Waals surface area contributed by atoms with Gasteiger partial charge in [0.2, 0.25) is 0 Å². The molecule has 1 aromatic heterocycles. The fourth-order valence-corrected chi connectivity index (χ4v) is 3.32. The molecule has 0 bridgehead atoms. The predicted molar refractivity (Wildman–Crippen MR) is 97.5 cm³/mol. The van der Waals surface area contributed by atoms with Gasteiger partial charge < -0.3 is 0 Å². The highest BCUT2D eigenvalue weighted by Gasteiger charge is 2.11. The van der Waals surface area contributed by atoms with Gasteiger partial charge in [0.1, 0.15) is 0 Å². The van der Waals surface area contributed by atoms with Crippen LogP contribution in [0.1, 0.15) is 47.7 Å². The molecule has 3 nitrogen and oxygen atoms in total. The molecular weight excluding hydrogens is 304 g/mol. The van der Waals surface area contributed by atoms with Crippen LogP contribution in [-0.2, 0) is 0 Å². The predicted octanol–water partition coefficient (Wildman–Crippen LogP) is 5.37. The second kappa shape index (κ2) is 6.50. The Kier molecular flexibility index (Phi) is 4.44. The van der Waals surface area contributed by atoms with Crippen LogP contribution >= 0.6 is 11.3 Å². The molecule has 0 aliphatic heterocycles. The molecule has 1 atom stereocenters. The van der Waals surface area contributed by atoms with Gasteiger partial charge in [0, 0.05) is 5.56 Å². The summed E-state index contributed by atoms with van der Waals surface area (Å²) in [6.45, 7) is 6.42. The summed E-state index contributed by atoms with van der Waals surface area (Å²) in [7, 11) is 0. The highest BCUT2D eigenvalue weighted by atomic mass is 32.1. The van der Waals surface area contributed by atoms with Crippen molar-refractivity contribution < 1.29 is 4.79 Å². The highest BCUT2D eigenvalue weighted by molar-refractivity contribution is 7.22. The number of fused-ring (bicyclic) bond motifs is 1. The first-order chi connectivity index (χ1) is 11.1. The van der Waals surface area contributed by atoms with Crippen LogP contribution in [0, 0.1) is 6.92 Å². The second-order valence-electron chi connectivity index (χ2n) is 5.88. The Morgan fingerprint density at radius 2 is 1.96 bits per heavy atom. The standard InChI is InChI=1S/C19H20N2OS/c1-4-13(3)15-9-10-16-17(11-15)23-19(20-16)21-18(22)14-7-5-12(2)6-8-14/h5-11,13H,4H2,1-3H3,(H,20,21,22). The van der Waals surface area contributed by atoms with Gasteiger partial charge >= 0.3 is 0 Å². The van der Waals surface area contributed by atoms with Gasteiger partial charge in [0.05, 0.1) is 10.2 Å². The molecule has 0 aliphatic rings. The van der Waals surface area contributed by atoms with Crippen LogP contribution in [0.15, 0.2) is 42.5 Å². The van der Waals surface area contributed by atoms with Crippen molar-refractivity contribution in [3.05, 3.63) is 59.2 Å². The van der Waals surface area contributed by atoms with E-state index in [9.17, 15) is 4.79 Å². The van der Waals surface area contributed by atoms with Crippen molar-refractivity contribution in [1.29, 1.82) is 0 Å². The lowest BCUT2D eigenvalue weighted by atomic mass is 9.99. The quantitative estimate of drug-likeness (QED) is 0.701. The maximum Gasteiger partial charge on any atom is 0.257 e. The molecule has 3 aromatic rings. The first kappa shape index (κ1) is 15.7. The molecule has 2 aromatic carbocycles. The molecule has 0 saturated carbocycles. The molecule has 1 unspecified atom stereocenters. The Hall–Kier alpha value is -2.20. The minimum Gasteiger partial charge on any atom is -0.298 e. The molecule has 0 radical (unpaired) electrons. The van der Waals surface area contributed by atoms with E-state index in [0.29, 0.717) is 16.6 Å². The summed E-state index contributed by atoms with van der Waals surface area (Å²) in [5.74, 6) is 0.415. The number of aryl methyl sites for hydroxylation is 1. The molecule has 23 heavy (non-hydrogen) atoms. The molecule has 0 spiro atoms. The maximum atomic E-state index is 12.3. The lowest BCUT2D eigenvalue weighted by Gasteiger charge is -2.07. The molecule has 1 amide bonds. The molecule has 1 N–H and O–H groups in total. The number of nitrogens with zero attached hydrogens (tertiary/aromatic N) is 1. The molecule has 0 fully saturated rings. The van der Waals surface area contributed by atoms with Crippen molar-refractivity contribution in [2.75, 3.05) is 5.32 Å². The van der Waals surface area contributed by atoms with E-state index in [1.807, 2.05) is 37.3 Å². The molecule has 0 saturated heterocycles. The van der Waals surface area contributed by atoms with Gasteiger partial charge in [-0.25, -0.2) is 4.98 Å². The number of amides is 1. The first-order valence-corrected chi connectivity index (χ1v) is 8.67. The summed E-state index contributed by atoms with van der Waals surface area (Å²) in [6.07, 6.45) is 1.11. The SMILES string of the molecule is CCC(C)c1ccc2nc(NC(=O)c3ccc(C)cc3)sc2c1. The lowest BCUT2D eigenvalue weighted by molar-refractivity contribution is 0.102. The van der Waals surface area contributed by atoms with E-state index in [-0.39, 0.29) is 5.91 Å². The zero-order chi connectivity index (χ0) is 16.4. The average molecular weight is 324 g/mol. The number of hydrogen-bond acceptors (Lipinski definition) is 3. The van der Waals surface area contributed by atoms with Crippen LogP contribution in [0.5, 0.6) is 0 Å². The minimum absolute atomic E-state index is 0.119. The Morgan fingerprint density at radius 3 is 2.65 bits per heavy atom. The topological polar surface area (TPSA) is 42.0 Å². The smallest absolute Gasteiger partial charge is 0.257 e. The van der Waals surface area contributed by atoms with Crippen molar-refractivity contribution >= 4 is 32.6 Å². The van der Waals surface area contributed by atoms with E-state index >= 15 is 0 Å². The summed E-state index contributed by atoms with van der Waals surface area (Å²) in [4.78, 5) is 16.8. The molecule has 1 heterocycles. The van der Waals surface area contributed by atoms with Crippen LogP contribution in [0.25, 0.3) is 10.2 Å². The summed E-state index contributed by atoms with van der Waals surface area (Å²) in [5.41, 5.74) is 4.04. The van der Waals surface area contributed by atoms with Gasteiger partial charge in [0.25, 0.3) is 5.91 Å². The van der Waals surface area contributed by atoms with Gasteiger partial charge in [0.15, 0.2) is 5.13 Å². The zero-order valence-electron chi connectivity index (χ0n) is 13.6. The number of anilines is 1. The van der Waals surface area contributed by atoms with Crippen molar-refractivity contribution in [2.45, 2.75) is 33.1 Å². The number of rotatable bonds is 4. The van der Waals surface area contributed by atoms with Gasteiger partial charge in [-0.15, -0.1) is 0 Å². The lowest BCUT2D eigenvalue weighted by Crippen LogP contribution is -2.11. The largest absolute Gasteiger partial charge is 0.298 e. The summed E-state index contributed by atoms with van der Waals surface area (Å²) in [6, 6.07) is 13.9. The number of carbonyl (C=O) groups excluding carboxylic acids is 1. The van der Waals surface area contributed by atoms with Gasteiger partial charge in [-0.1, -0.05) is 48.9 Å². The number of thiazole rings is 1. The van der Waals surface area contributed by atoms with E-state index in [0.717, 1.165) is 22.2 Å². The molecular formula is C19H20N2OS. The number of hydrogen-bond donors (Lipinski definition) is 1. The Balaban J connectivity index is 1.83. The van der Waals surface area contributed by atoms with Crippen molar-refractivity contribution in [3.63, 3.8) is 0 Å². The van der Waals surface area contributed by atoms with Crippen LogP contribution in [0.3, 0.4) is 0 Å². The van der Waals surface area contributed by atoms with Crippen LogP contribution in [0.4, 0.5) is 5.13 Å². The Bertz CT molecular complexity index is 836. The third-order valence-corrected chi connectivity index (χ3v) is 5.06. The third-order valence-electron chi connectivity index (χ3n) is 4.13. The summed E-state index contributed by atoms with van der Waals surface area (Å²) >= 11 is 1.52. The molecule has 0 aliphatic carbocycles. The van der Waals surface area contributed by atoms with E-state index in [1.54, 1.807) is 0 Å². The fourth-order valence-electron chi connectivity index (χ4n) is 2.41. The van der Waals surface area contributed by atoms with E-state index in [1.165, 1.54) is 16.9 Å². The van der Waals surface area contributed by atoms with E-state index in [4.69, 9.17) is 0 Å². The summed E-state index contributed by atoms with van der Waals surface area (Å²) < 4.78 is 1.11. The maximum absolute atomic E-state index is 12.3. The highest BCUT2D eigenvalue weighted by Crippen LogP contribution is 2.30. The molecule has 3 rings (SSSR count). The molecule has 118 valence electrons. The Morgan fingerprint density at radius 1 is 1.22 bits per heavy atom. The summed E-state index contributed by atoms with van der Waals surface area (Å²) in [5, 5.41) is 3.54. The van der Waals surface area contributed by atoms with Crippen LogP contribution < -0.4 is 5.32 Å². The van der Waals surface area contributed by atoms with Crippen molar-refractivity contribution in [3.8, 4) is 0 Å². The number of carbonyl (C=O) groups is 1. The van der Waals surface area contributed by atoms with Gasteiger partial charge in [-0.2, -0.15) is 0 Å². The second-order valence-corrected chi connectivity index (χ2v) is 6.91. The van der Waals surface area contributed by atoms with Crippen LogP contribution in [0.2, 0.25) is 0 Å². The third kappa shape index (κ3) is 3.42. The van der Waals surface area contributed by atoms with E-state index in [2.05, 4.69) is 36.3 Å². The minimum atomic E-state index is -0.119.